The molecule has 0 atom stereocenters. The number of hydrogen-bond donors (Lipinski definition) is 0. The maximum atomic E-state index is 11.3. The molecule has 0 aliphatic heterocycles. The number of nitriles is 2. The molecule has 274 valence electrons. The summed E-state index contributed by atoms with van der Waals surface area (Å²) in [6, 6.07) is 69.9. The number of fused-ring (bicyclic) bond motifs is 3. The first-order valence-corrected chi connectivity index (χ1v) is 19.3. The quantitative estimate of drug-likeness (QED) is 0.162. The van der Waals surface area contributed by atoms with E-state index in [0.717, 1.165) is 60.8 Å². The third-order valence-electron chi connectivity index (χ3n) is 10.8. The lowest BCUT2D eigenvalue weighted by molar-refractivity contribution is 1.07. The Bertz CT molecular complexity index is 3210. The summed E-state index contributed by atoms with van der Waals surface area (Å²) in [6.07, 6.45) is 0. The highest BCUT2D eigenvalue weighted by molar-refractivity contribution is 6.11. The Labute approximate surface area is 341 Å². The lowest BCUT2D eigenvalue weighted by atomic mass is 9.90. The number of benzene rings is 8. The number of aromatic nitrogens is 4. The van der Waals surface area contributed by atoms with Crippen molar-refractivity contribution >= 4 is 21.8 Å². The van der Waals surface area contributed by atoms with Crippen molar-refractivity contribution in [2.24, 2.45) is 0 Å². The van der Waals surface area contributed by atoms with Crippen LogP contribution in [0.15, 0.2) is 194 Å². The van der Waals surface area contributed by atoms with E-state index in [1.807, 2.05) is 115 Å². The molecule has 8 aromatic carbocycles. The van der Waals surface area contributed by atoms with Gasteiger partial charge in [0.2, 0.25) is 0 Å². The van der Waals surface area contributed by atoms with E-state index >= 15 is 0 Å². The molecule has 10 aromatic rings. The van der Waals surface area contributed by atoms with Gasteiger partial charge in [-0.1, -0.05) is 170 Å². The SMILES string of the molecule is N#Cc1c(-c2ccccc2)cc(-n2c3ccccc3c3cc(-c4ccccc4-c4ccccc4)ccc32)c(C#N)c1-c1nc(-c2ccccc2)nc(-c2ccccc2)n1. The first-order chi connectivity index (χ1) is 29.2. The fourth-order valence-corrected chi connectivity index (χ4v) is 8.07. The lowest BCUT2D eigenvalue weighted by Crippen LogP contribution is -2.07. The van der Waals surface area contributed by atoms with Crippen molar-refractivity contribution in [2.75, 3.05) is 0 Å². The zero-order valence-corrected chi connectivity index (χ0v) is 31.7. The molecule has 0 N–H and O–H groups in total. The van der Waals surface area contributed by atoms with Crippen molar-refractivity contribution in [3.63, 3.8) is 0 Å². The highest BCUT2D eigenvalue weighted by atomic mass is 15.0. The third kappa shape index (κ3) is 6.19. The van der Waals surface area contributed by atoms with Gasteiger partial charge in [-0.2, -0.15) is 10.5 Å². The molecule has 0 fully saturated rings. The molecule has 0 bridgehead atoms. The van der Waals surface area contributed by atoms with Crippen LogP contribution >= 0.6 is 0 Å². The van der Waals surface area contributed by atoms with Crippen LogP contribution in [0, 0.1) is 22.7 Å². The lowest BCUT2D eigenvalue weighted by Gasteiger charge is -2.18. The highest BCUT2D eigenvalue weighted by Crippen LogP contribution is 2.43. The van der Waals surface area contributed by atoms with Crippen molar-refractivity contribution in [3.8, 4) is 85.4 Å². The van der Waals surface area contributed by atoms with Crippen LogP contribution in [-0.4, -0.2) is 19.5 Å². The summed E-state index contributed by atoms with van der Waals surface area (Å²) in [5, 5.41) is 24.5. The summed E-state index contributed by atoms with van der Waals surface area (Å²) in [5.74, 6) is 1.12. The van der Waals surface area contributed by atoms with Crippen molar-refractivity contribution in [1.29, 1.82) is 10.5 Å². The van der Waals surface area contributed by atoms with Crippen LogP contribution in [-0.2, 0) is 0 Å². The van der Waals surface area contributed by atoms with Crippen LogP contribution in [0.5, 0.6) is 0 Å². The second-order valence-electron chi connectivity index (χ2n) is 14.2. The fraction of sp³-hybridized carbons (Fsp3) is 0. The molecule has 6 nitrogen and oxygen atoms in total. The molecule has 0 saturated heterocycles. The molecule has 2 heterocycles. The predicted octanol–water partition coefficient (Wildman–Crippen LogP) is 12.7. The van der Waals surface area contributed by atoms with Gasteiger partial charge in [-0.3, -0.25) is 0 Å². The Morgan fingerprint density at radius 3 is 1.39 bits per heavy atom. The summed E-state index contributed by atoms with van der Waals surface area (Å²) in [4.78, 5) is 15.0. The van der Waals surface area contributed by atoms with Crippen molar-refractivity contribution in [1.82, 2.24) is 19.5 Å². The van der Waals surface area contributed by atoms with Gasteiger partial charge in [0.15, 0.2) is 17.5 Å². The Kier molecular flexibility index (Phi) is 8.84. The molecule has 0 aliphatic carbocycles. The van der Waals surface area contributed by atoms with E-state index < -0.39 is 0 Å². The number of rotatable bonds is 7. The highest BCUT2D eigenvalue weighted by Gasteiger charge is 2.27. The minimum atomic E-state index is 0.241. The summed E-state index contributed by atoms with van der Waals surface area (Å²) >= 11 is 0. The van der Waals surface area contributed by atoms with Gasteiger partial charge < -0.3 is 4.57 Å². The number of para-hydroxylation sites is 1. The topological polar surface area (TPSA) is 91.2 Å². The summed E-state index contributed by atoms with van der Waals surface area (Å²) in [5.41, 5.74) is 11.0. The molecule has 0 spiro atoms. The first-order valence-electron chi connectivity index (χ1n) is 19.3. The standard InChI is InChI=1S/C53H32N6/c54-33-45-43(36-19-7-2-8-20-36)32-49(46(34-55)50(45)53-57-51(37-21-9-3-10-22-37)56-52(58-53)38-23-11-4-12-24-38)59-47-28-16-15-27-42(47)44-31-39(29-30-48(44)59)41-26-14-13-25-40(41)35-17-5-1-6-18-35/h1-32H. The van der Waals surface area contributed by atoms with Gasteiger partial charge in [-0.15, -0.1) is 0 Å². The maximum absolute atomic E-state index is 11.3. The third-order valence-corrected chi connectivity index (χ3v) is 10.8. The Morgan fingerprint density at radius 1 is 0.356 bits per heavy atom. The van der Waals surface area contributed by atoms with E-state index in [0.29, 0.717) is 34.0 Å². The molecule has 0 saturated carbocycles. The second-order valence-corrected chi connectivity index (χ2v) is 14.2. The summed E-state index contributed by atoms with van der Waals surface area (Å²) < 4.78 is 2.14. The minimum Gasteiger partial charge on any atom is -0.308 e. The first kappa shape index (κ1) is 35.0. The zero-order chi connectivity index (χ0) is 39.7. The monoisotopic (exact) mass is 752 g/mol. The molecule has 6 heteroatoms. The Balaban J connectivity index is 1.28. The van der Waals surface area contributed by atoms with E-state index in [-0.39, 0.29) is 11.4 Å². The largest absolute Gasteiger partial charge is 0.308 e. The van der Waals surface area contributed by atoms with Crippen LogP contribution in [0.2, 0.25) is 0 Å². The second kappa shape index (κ2) is 14.9. The van der Waals surface area contributed by atoms with E-state index in [1.165, 1.54) is 0 Å². The molecular weight excluding hydrogens is 721 g/mol. The Hall–Kier alpha value is -8.45. The predicted molar refractivity (Wildman–Crippen MR) is 236 cm³/mol. The van der Waals surface area contributed by atoms with Gasteiger partial charge in [-0.05, 0) is 52.1 Å². The minimum absolute atomic E-state index is 0.241. The molecule has 0 radical (unpaired) electrons. The van der Waals surface area contributed by atoms with Crippen molar-refractivity contribution in [2.45, 2.75) is 0 Å². The van der Waals surface area contributed by atoms with Gasteiger partial charge in [0.1, 0.15) is 12.1 Å². The van der Waals surface area contributed by atoms with Crippen molar-refractivity contribution in [3.05, 3.63) is 205 Å². The molecule has 10 rings (SSSR count). The van der Waals surface area contributed by atoms with E-state index in [9.17, 15) is 10.5 Å². The van der Waals surface area contributed by atoms with Gasteiger partial charge in [0, 0.05) is 27.5 Å². The molecule has 2 aromatic heterocycles. The normalized spacial score (nSPS) is 11.0. The maximum Gasteiger partial charge on any atom is 0.166 e. The molecular formula is C53H32N6. The average molecular weight is 753 g/mol. The van der Waals surface area contributed by atoms with Crippen LogP contribution in [0.3, 0.4) is 0 Å². The van der Waals surface area contributed by atoms with Gasteiger partial charge in [-0.25, -0.2) is 15.0 Å². The summed E-state index contributed by atoms with van der Waals surface area (Å²) in [7, 11) is 0. The molecule has 0 unspecified atom stereocenters. The van der Waals surface area contributed by atoms with Gasteiger partial charge in [0.25, 0.3) is 0 Å². The van der Waals surface area contributed by atoms with Crippen LogP contribution in [0.25, 0.3) is 95.0 Å². The average Bonchev–Trinajstić information content (AvgIpc) is 3.65. The van der Waals surface area contributed by atoms with Gasteiger partial charge in [0.05, 0.1) is 33.4 Å². The Morgan fingerprint density at radius 2 is 0.814 bits per heavy atom. The summed E-state index contributed by atoms with van der Waals surface area (Å²) in [6.45, 7) is 0. The zero-order valence-electron chi connectivity index (χ0n) is 31.7. The van der Waals surface area contributed by atoms with E-state index in [2.05, 4.69) is 95.6 Å². The number of hydrogen-bond acceptors (Lipinski definition) is 5. The molecule has 0 aliphatic rings. The smallest absolute Gasteiger partial charge is 0.166 e. The van der Waals surface area contributed by atoms with Crippen LogP contribution in [0.1, 0.15) is 11.1 Å². The van der Waals surface area contributed by atoms with Crippen molar-refractivity contribution < 1.29 is 0 Å². The molecule has 0 amide bonds. The van der Waals surface area contributed by atoms with Crippen LogP contribution in [0.4, 0.5) is 0 Å². The number of nitrogens with zero attached hydrogens (tertiary/aromatic N) is 6. The van der Waals surface area contributed by atoms with E-state index in [4.69, 9.17) is 15.0 Å². The van der Waals surface area contributed by atoms with Gasteiger partial charge >= 0.3 is 0 Å². The molecule has 59 heavy (non-hydrogen) atoms. The fourth-order valence-electron chi connectivity index (χ4n) is 8.07. The van der Waals surface area contributed by atoms with Crippen LogP contribution < -0.4 is 0 Å². The van der Waals surface area contributed by atoms with E-state index in [1.54, 1.807) is 0 Å².